The molecule has 0 aliphatic heterocycles. The highest BCUT2D eigenvalue weighted by atomic mass is 19.1. The van der Waals surface area contributed by atoms with Crippen LogP contribution >= 0.6 is 0 Å². The summed E-state index contributed by atoms with van der Waals surface area (Å²) in [4.78, 5) is 0. The maximum atomic E-state index is 14.5. The summed E-state index contributed by atoms with van der Waals surface area (Å²) in [6.07, 6.45) is 1.99. The minimum Gasteiger partial charge on any atom is -0.493 e. The van der Waals surface area contributed by atoms with Crippen LogP contribution in [0.4, 0.5) is 8.78 Å². The summed E-state index contributed by atoms with van der Waals surface area (Å²) in [6, 6.07) is 22.9. The molecule has 0 aliphatic carbocycles. The third-order valence-electron chi connectivity index (χ3n) is 5.06. The minimum absolute atomic E-state index is 0.249. The molecule has 0 aliphatic rings. The number of ether oxygens (including phenoxy) is 1. The van der Waals surface area contributed by atoms with Crippen LogP contribution in [-0.2, 0) is 0 Å². The Balaban J connectivity index is 1.50. The summed E-state index contributed by atoms with van der Waals surface area (Å²) < 4.78 is 33.4. The molecule has 4 aromatic rings. The van der Waals surface area contributed by atoms with E-state index in [-0.39, 0.29) is 11.6 Å². The first-order chi connectivity index (χ1) is 15.1. The van der Waals surface area contributed by atoms with Crippen molar-refractivity contribution in [2.45, 2.75) is 19.8 Å². The van der Waals surface area contributed by atoms with Gasteiger partial charge < -0.3 is 4.74 Å². The number of rotatable bonds is 5. The summed E-state index contributed by atoms with van der Waals surface area (Å²) in [5.74, 6) is 6.26. The predicted molar refractivity (Wildman–Crippen MR) is 122 cm³/mol. The summed E-state index contributed by atoms with van der Waals surface area (Å²) in [7, 11) is 0. The first-order valence-corrected chi connectivity index (χ1v) is 10.4. The molecule has 0 saturated carbocycles. The van der Waals surface area contributed by atoms with Crippen molar-refractivity contribution in [3.05, 3.63) is 102 Å². The van der Waals surface area contributed by atoms with E-state index in [0.29, 0.717) is 17.9 Å². The SMILES string of the molecule is CCCCOc1ccc(-c2ccc(C#Cc3ccc4cc(F)ccc4c3)cc2)c(F)c1. The molecule has 0 radical (unpaired) electrons. The van der Waals surface area contributed by atoms with E-state index in [9.17, 15) is 8.78 Å². The summed E-state index contributed by atoms with van der Waals surface area (Å²) in [5.41, 5.74) is 3.01. The van der Waals surface area contributed by atoms with Crippen LogP contribution in [0, 0.1) is 23.5 Å². The fraction of sp³-hybridized carbons (Fsp3) is 0.143. The standard InChI is InChI=1S/C28H22F2O/c1-2-3-16-31-26-14-15-27(28(30)19-26)22-9-6-20(7-10-22)4-5-21-8-11-24-18-25(29)13-12-23(24)17-21/h6-15,17-19H,2-3,16H2,1H3. The van der Waals surface area contributed by atoms with Crippen molar-refractivity contribution < 1.29 is 13.5 Å². The highest BCUT2D eigenvalue weighted by Crippen LogP contribution is 2.26. The van der Waals surface area contributed by atoms with Crippen LogP contribution in [0.15, 0.2) is 78.9 Å². The van der Waals surface area contributed by atoms with Gasteiger partial charge in [-0.25, -0.2) is 8.78 Å². The fourth-order valence-electron chi connectivity index (χ4n) is 3.33. The number of fused-ring (bicyclic) bond motifs is 1. The van der Waals surface area contributed by atoms with Gasteiger partial charge in [0.1, 0.15) is 17.4 Å². The number of unbranched alkanes of at least 4 members (excludes halogenated alkanes) is 1. The Morgan fingerprint density at radius 3 is 2.23 bits per heavy atom. The Hall–Kier alpha value is -3.64. The number of halogens is 2. The van der Waals surface area contributed by atoms with Crippen molar-refractivity contribution in [3.63, 3.8) is 0 Å². The molecule has 154 valence electrons. The van der Waals surface area contributed by atoms with Gasteiger partial charge in [0.2, 0.25) is 0 Å². The smallest absolute Gasteiger partial charge is 0.134 e. The van der Waals surface area contributed by atoms with Crippen LogP contribution in [-0.4, -0.2) is 6.61 Å². The molecule has 0 atom stereocenters. The molecule has 4 aromatic carbocycles. The molecule has 0 aromatic heterocycles. The molecule has 0 spiro atoms. The Bertz CT molecular complexity index is 1260. The number of benzene rings is 4. The summed E-state index contributed by atoms with van der Waals surface area (Å²) in [5, 5.41) is 1.79. The normalized spacial score (nSPS) is 10.5. The number of hydrogen-bond acceptors (Lipinski definition) is 1. The van der Waals surface area contributed by atoms with Crippen LogP contribution in [0.2, 0.25) is 0 Å². The summed E-state index contributed by atoms with van der Waals surface area (Å²) >= 11 is 0. The van der Waals surface area contributed by atoms with Crippen molar-refractivity contribution in [1.29, 1.82) is 0 Å². The Morgan fingerprint density at radius 2 is 1.45 bits per heavy atom. The van der Waals surface area contributed by atoms with Crippen LogP contribution in [0.25, 0.3) is 21.9 Å². The van der Waals surface area contributed by atoms with Gasteiger partial charge >= 0.3 is 0 Å². The molecule has 0 heterocycles. The zero-order chi connectivity index (χ0) is 21.6. The zero-order valence-electron chi connectivity index (χ0n) is 17.3. The van der Waals surface area contributed by atoms with Crippen LogP contribution < -0.4 is 4.74 Å². The zero-order valence-corrected chi connectivity index (χ0v) is 17.3. The molecule has 0 unspecified atom stereocenters. The van der Waals surface area contributed by atoms with Crippen LogP contribution in [0.5, 0.6) is 5.75 Å². The predicted octanol–water partition coefficient (Wildman–Crippen LogP) is 7.36. The summed E-state index contributed by atoms with van der Waals surface area (Å²) in [6.45, 7) is 2.68. The lowest BCUT2D eigenvalue weighted by Crippen LogP contribution is -1.97. The molecular weight excluding hydrogens is 390 g/mol. The molecule has 1 nitrogen and oxygen atoms in total. The average Bonchev–Trinajstić information content (AvgIpc) is 2.78. The Labute approximate surface area is 181 Å². The van der Waals surface area contributed by atoms with Gasteiger partial charge in [-0.2, -0.15) is 0 Å². The molecule has 0 amide bonds. The Kier molecular flexibility index (Phi) is 6.29. The van der Waals surface area contributed by atoms with Gasteiger partial charge in [0.25, 0.3) is 0 Å². The fourth-order valence-corrected chi connectivity index (χ4v) is 3.33. The third-order valence-corrected chi connectivity index (χ3v) is 5.06. The van der Waals surface area contributed by atoms with Crippen molar-refractivity contribution in [2.75, 3.05) is 6.61 Å². The van der Waals surface area contributed by atoms with E-state index in [2.05, 4.69) is 18.8 Å². The lowest BCUT2D eigenvalue weighted by atomic mass is 10.0. The quantitative estimate of drug-likeness (QED) is 0.246. The van der Waals surface area contributed by atoms with Gasteiger partial charge in [-0.05, 0) is 71.3 Å². The molecule has 0 bridgehead atoms. The van der Waals surface area contributed by atoms with Gasteiger partial charge in [-0.1, -0.05) is 49.5 Å². The minimum atomic E-state index is -0.305. The molecule has 0 N–H and O–H groups in total. The van der Waals surface area contributed by atoms with Crippen LogP contribution in [0.3, 0.4) is 0 Å². The molecule has 3 heteroatoms. The highest BCUT2D eigenvalue weighted by molar-refractivity contribution is 5.84. The van der Waals surface area contributed by atoms with Gasteiger partial charge in [-0.15, -0.1) is 0 Å². The second-order valence-electron chi connectivity index (χ2n) is 7.38. The molecule has 0 fully saturated rings. The highest BCUT2D eigenvalue weighted by Gasteiger charge is 2.07. The average molecular weight is 412 g/mol. The van der Waals surface area contributed by atoms with Gasteiger partial charge in [0, 0.05) is 22.8 Å². The van der Waals surface area contributed by atoms with E-state index in [1.807, 2.05) is 42.5 Å². The Morgan fingerprint density at radius 1 is 0.742 bits per heavy atom. The molecular formula is C28H22F2O. The van der Waals surface area contributed by atoms with Crippen molar-refractivity contribution in [1.82, 2.24) is 0 Å². The monoisotopic (exact) mass is 412 g/mol. The largest absolute Gasteiger partial charge is 0.493 e. The topological polar surface area (TPSA) is 9.23 Å². The van der Waals surface area contributed by atoms with E-state index in [1.54, 1.807) is 18.2 Å². The van der Waals surface area contributed by atoms with E-state index >= 15 is 0 Å². The van der Waals surface area contributed by atoms with Crippen molar-refractivity contribution >= 4 is 10.8 Å². The molecule has 31 heavy (non-hydrogen) atoms. The number of hydrogen-bond donors (Lipinski definition) is 0. The van der Waals surface area contributed by atoms with Gasteiger partial charge in [0.05, 0.1) is 6.61 Å². The third kappa shape index (κ3) is 5.10. The van der Waals surface area contributed by atoms with E-state index in [4.69, 9.17) is 4.74 Å². The van der Waals surface area contributed by atoms with Crippen molar-refractivity contribution in [2.24, 2.45) is 0 Å². The second-order valence-corrected chi connectivity index (χ2v) is 7.38. The van der Waals surface area contributed by atoms with E-state index in [0.717, 1.165) is 40.3 Å². The van der Waals surface area contributed by atoms with Gasteiger partial charge in [0.15, 0.2) is 0 Å². The van der Waals surface area contributed by atoms with Crippen LogP contribution in [0.1, 0.15) is 30.9 Å². The first kappa shape index (κ1) is 20.6. The lowest BCUT2D eigenvalue weighted by molar-refractivity contribution is 0.308. The first-order valence-electron chi connectivity index (χ1n) is 10.4. The van der Waals surface area contributed by atoms with Crippen molar-refractivity contribution in [3.8, 4) is 28.7 Å². The van der Waals surface area contributed by atoms with Gasteiger partial charge in [-0.3, -0.25) is 0 Å². The maximum Gasteiger partial charge on any atom is 0.134 e. The second kappa shape index (κ2) is 9.45. The molecule has 4 rings (SSSR count). The van der Waals surface area contributed by atoms with E-state index in [1.165, 1.54) is 18.2 Å². The maximum absolute atomic E-state index is 14.5. The molecule has 0 saturated heterocycles. The van der Waals surface area contributed by atoms with E-state index < -0.39 is 0 Å². The lowest BCUT2D eigenvalue weighted by Gasteiger charge is -2.08.